The van der Waals surface area contributed by atoms with Gasteiger partial charge in [-0.25, -0.2) is 13.1 Å². The standard InChI is InChI=1S/C15H25BrN2O2S/c1-5-15(6-2,7-3)18-21(19,20)14-9-12(10-17)8-13(16)11(14)4/h8-9,18H,5-7,10,17H2,1-4H3. The molecule has 0 radical (unpaired) electrons. The largest absolute Gasteiger partial charge is 0.326 e. The first-order valence-corrected chi connectivity index (χ1v) is 9.56. The van der Waals surface area contributed by atoms with Crippen molar-refractivity contribution in [2.75, 3.05) is 0 Å². The lowest BCUT2D eigenvalue weighted by molar-refractivity contribution is 0.341. The molecule has 6 heteroatoms. The second-order valence-corrected chi connectivity index (χ2v) is 7.86. The Bertz CT molecular complexity index is 588. The minimum absolute atomic E-state index is 0.303. The summed E-state index contributed by atoms with van der Waals surface area (Å²) in [4.78, 5) is 0.303. The molecule has 0 amide bonds. The maximum atomic E-state index is 12.8. The van der Waals surface area contributed by atoms with Gasteiger partial charge >= 0.3 is 0 Å². The number of nitrogens with one attached hydrogen (secondary N) is 1. The van der Waals surface area contributed by atoms with Gasteiger partial charge in [0.2, 0.25) is 10.0 Å². The summed E-state index contributed by atoms with van der Waals surface area (Å²) in [5, 5.41) is 0. The Labute approximate surface area is 136 Å². The Morgan fingerprint density at radius 1 is 1.19 bits per heavy atom. The SMILES string of the molecule is CCC(CC)(CC)NS(=O)(=O)c1cc(CN)cc(Br)c1C. The van der Waals surface area contributed by atoms with Crippen LogP contribution in [0, 0.1) is 6.92 Å². The summed E-state index contributed by atoms with van der Waals surface area (Å²) >= 11 is 3.41. The van der Waals surface area contributed by atoms with Crippen molar-refractivity contribution in [2.24, 2.45) is 5.73 Å². The molecule has 0 aromatic heterocycles. The zero-order chi connectivity index (χ0) is 16.3. The molecule has 0 unspecified atom stereocenters. The Morgan fingerprint density at radius 3 is 2.14 bits per heavy atom. The summed E-state index contributed by atoms with van der Waals surface area (Å²) in [5.41, 5.74) is 6.76. The summed E-state index contributed by atoms with van der Waals surface area (Å²) in [6.07, 6.45) is 2.28. The maximum Gasteiger partial charge on any atom is 0.241 e. The molecule has 0 saturated carbocycles. The van der Waals surface area contributed by atoms with Crippen LogP contribution in [0.5, 0.6) is 0 Å². The average Bonchev–Trinajstić information content (AvgIpc) is 2.47. The molecule has 120 valence electrons. The molecule has 0 aliphatic heterocycles. The quantitative estimate of drug-likeness (QED) is 0.764. The van der Waals surface area contributed by atoms with Crippen LogP contribution in [-0.2, 0) is 16.6 Å². The number of rotatable bonds is 7. The average molecular weight is 377 g/mol. The van der Waals surface area contributed by atoms with Gasteiger partial charge in [0.25, 0.3) is 0 Å². The zero-order valence-corrected chi connectivity index (χ0v) is 15.6. The summed E-state index contributed by atoms with van der Waals surface area (Å²) in [6.45, 7) is 8.13. The first kappa shape index (κ1) is 18.6. The van der Waals surface area contributed by atoms with Crippen LogP contribution in [-0.4, -0.2) is 14.0 Å². The van der Waals surface area contributed by atoms with Crippen LogP contribution in [0.3, 0.4) is 0 Å². The van der Waals surface area contributed by atoms with E-state index in [0.29, 0.717) is 17.0 Å². The van der Waals surface area contributed by atoms with Gasteiger partial charge in [-0.15, -0.1) is 0 Å². The van der Waals surface area contributed by atoms with Crippen molar-refractivity contribution in [1.82, 2.24) is 4.72 Å². The molecule has 3 N–H and O–H groups in total. The van der Waals surface area contributed by atoms with E-state index in [2.05, 4.69) is 20.7 Å². The van der Waals surface area contributed by atoms with Gasteiger partial charge < -0.3 is 5.73 Å². The van der Waals surface area contributed by atoms with E-state index in [1.54, 1.807) is 13.0 Å². The van der Waals surface area contributed by atoms with Crippen LogP contribution in [0.1, 0.15) is 51.2 Å². The van der Waals surface area contributed by atoms with Crippen molar-refractivity contribution < 1.29 is 8.42 Å². The first-order valence-electron chi connectivity index (χ1n) is 7.28. The van der Waals surface area contributed by atoms with Crippen LogP contribution in [0.2, 0.25) is 0 Å². The van der Waals surface area contributed by atoms with Gasteiger partial charge in [-0.1, -0.05) is 36.7 Å². The fraction of sp³-hybridized carbons (Fsp3) is 0.600. The predicted molar refractivity (Wildman–Crippen MR) is 90.7 cm³/mol. The lowest BCUT2D eigenvalue weighted by Gasteiger charge is -2.31. The second-order valence-electron chi connectivity index (χ2n) is 5.35. The van der Waals surface area contributed by atoms with Crippen LogP contribution in [0.4, 0.5) is 0 Å². The molecule has 1 rings (SSSR count). The van der Waals surface area contributed by atoms with E-state index in [4.69, 9.17) is 5.73 Å². The Balaban J connectivity index is 3.34. The van der Waals surface area contributed by atoms with E-state index in [0.717, 1.165) is 29.3 Å². The number of hydrogen-bond donors (Lipinski definition) is 2. The van der Waals surface area contributed by atoms with Crippen molar-refractivity contribution >= 4 is 26.0 Å². The summed E-state index contributed by atoms with van der Waals surface area (Å²) < 4.78 is 29.3. The van der Waals surface area contributed by atoms with E-state index < -0.39 is 15.6 Å². The molecule has 0 fully saturated rings. The highest BCUT2D eigenvalue weighted by molar-refractivity contribution is 9.10. The van der Waals surface area contributed by atoms with Crippen molar-refractivity contribution in [1.29, 1.82) is 0 Å². The molecular weight excluding hydrogens is 352 g/mol. The molecular formula is C15H25BrN2O2S. The number of halogens is 1. The van der Waals surface area contributed by atoms with E-state index in [1.807, 2.05) is 26.8 Å². The van der Waals surface area contributed by atoms with Gasteiger partial charge in [0.05, 0.1) is 4.90 Å². The molecule has 0 aliphatic rings. The smallest absolute Gasteiger partial charge is 0.241 e. The predicted octanol–water partition coefficient (Wildman–Crippen LogP) is 3.46. The highest BCUT2D eigenvalue weighted by atomic mass is 79.9. The number of hydrogen-bond acceptors (Lipinski definition) is 3. The fourth-order valence-corrected chi connectivity index (χ4v) is 4.98. The minimum Gasteiger partial charge on any atom is -0.326 e. The van der Waals surface area contributed by atoms with Crippen molar-refractivity contribution in [3.05, 3.63) is 27.7 Å². The highest BCUT2D eigenvalue weighted by Crippen LogP contribution is 2.28. The van der Waals surface area contributed by atoms with Crippen LogP contribution in [0.15, 0.2) is 21.5 Å². The lowest BCUT2D eigenvalue weighted by atomic mass is 9.91. The Kier molecular flexibility index (Phi) is 6.40. The van der Waals surface area contributed by atoms with Crippen LogP contribution in [0.25, 0.3) is 0 Å². The Morgan fingerprint density at radius 2 is 1.71 bits per heavy atom. The summed E-state index contributed by atoms with van der Waals surface area (Å²) in [7, 11) is -3.58. The molecule has 0 aliphatic carbocycles. The highest BCUT2D eigenvalue weighted by Gasteiger charge is 2.31. The molecule has 0 spiro atoms. The molecule has 0 atom stereocenters. The van der Waals surface area contributed by atoms with Crippen LogP contribution >= 0.6 is 15.9 Å². The normalized spacial score (nSPS) is 12.7. The summed E-state index contributed by atoms with van der Waals surface area (Å²) in [5.74, 6) is 0. The maximum absolute atomic E-state index is 12.8. The number of sulfonamides is 1. The zero-order valence-electron chi connectivity index (χ0n) is 13.2. The summed E-state index contributed by atoms with van der Waals surface area (Å²) in [6, 6.07) is 3.52. The van der Waals surface area contributed by atoms with Gasteiger partial charge in [-0.05, 0) is 49.4 Å². The molecule has 21 heavy (non-hydrogen) atoms. The van der Waals surface area contributed by atoms with Gasteiger partial charge in [-0.3, -0.25) is 0 Å². The van der Waals surface area contributed by atoms with Crippen molar-refractivity contribution in [2.45, 2.75) is 63.9 Å². The molecule has 0 bridgehead atoms. The van der Waals surface area contributed by atoms with Crippen molar-refractivity contribution in [3.63, 3.8) is 0 Å². The monoisotopic (exact) mass is 376 g/mol. The number of benzene rings is 1. The van der Waals surface area contributed by atoms with Crippen LogP contribution < -0.4 is 10.5 Å². The van der Waals surface area contributed by atoms with E-state index >= 15 is 0 Å². The van der Waals surface area contributed by atoms with Crippen molar-refractivity contribution in [3.8, 4) is 0 Å². The van der Waals surface area contributed by atoms with E-state index in [1.165, 1.54) is 0 Å². The van der Waals surface area contributed by atoms with Gasteiger partial charge in [-0.2, -0.15) is 0 Å². The van der Waals surface area contributed by atoms with E-state index in [-0.39, 0.29) is 0 Å². The third kappa shape index (κ3) is 4.06. The third-order valence-corrected chi connectivity index (χ3v) is 6.79. The second kappa shape index (κ2) is 7.22. The molecule has 0 saturated heterocycles. The van der Waals surface area contributed by atoms with Gasteiger partial charge in [0, 0.05) is 16.6 Å². The third-order valence-electron chi connectivity index (χ3n) is 4.26. The molecule has 0 heterocycles. The fourth-order valence-electron chi connectivity index (χ4n) is 2.41. The van der Waals surface area contributed by atoms with Gasteiger partial charge in [0.15, 0.2) is 0 Å². The Hall–Kier alpha value is -0.430. The molecule has 4 nitrogen and oxygen atoms in total. The first-order chi connectivity index (χ1) is 9.75. The minimum atomic E-state index is -3.58. The van der Waals surface area contributed by atoms with Gasteiger partial charge in [0.1, 0.15) is 0 Å². The number of nitrogens with two attached hydrogens (primary N) is 1. The topological polar surface area (TPSA) is 72.2 Å². The molecule has 1 aromatic carbocycles. The van der Waals surface area contributed by atoms with E-state index in [9.17, 15) is 8.42 Å². The lowest BCUT2D eigenvalue weighted by Crippen LogP contribution is -2.47. The molecule has 1 aromatic rings.